The number of ether oxygens (including phenoxy) is 1. The molecule has 2 atom stereocenters. The lowest BCUT2D eigenvalue weighted by Crippen LogP contribution is -2.48. The summed E-state index contributed by atoms with van der Waals surface area (Å²) in [6, 6.07) is 15.2. The number of aromatic nitrogens is 1. The maximum Gasteiger partial charge on any atom is 0.327 e. The van der Waals surface area contributed by atoms with Crippen LogP contribution in [-0.2, 0) is 9.54 Å². The lowest BCUT2D eigenvalue weighted by atomic mass is 9.83. The smallest absolute Gasteiger partial charge is 0.327 e. The van der Waals surface area contributed by atoms with Gasteiger partial charge >= 0.3 is 12.0 Å². The summed E-state index contributed by atoms with van der Waals surface area (Å²) in [5.41, 5.74) is 2.64. The Morgan fingerprint density at radius 3 is 2.70 bits per heavy atom. The molecule has 8 heteroatoms. The Hall–Kier alpha value is -3.52. The number of benzene rings is 2. The van der Waals surface area contributed by atoms with Gasteiger partial charge in [0.15, 0.2) is 4.75 Å². The quantitative estimate of drug-likeness (QED) is 0.578. The van der Waals surface area contributed by atoms with Gasteiger partial charge in [0.2, 0.25) is 0 Å². The normalized spacial score (nSPS) is 21.4. The first-order chi connectivity index (χ1) is 14.5. The summed E-state index contributed by atoms with van der Waals surface area (Å²) in [7, 11) is 0. The fraction of sp³-hybridized carbons (Fsp3) is 0.136. The van der Waals surface area contributed by atoms with Crippen LogP contribution in [0, 0.1) is 6.92 Å². The number of nitrogens with one attached hydrogen (secondary N) is 2. The molecule has 2 aromatic carbocycles. The number of hydrogen-bond acceptors (Lipinski definition) is 5. The first-order valence-electron chi connectivity index (χ1n) is 9.32. The SMILES string of the molecule is Cc1cc(Oc2ccccc2)ccc1C1(C(=O)O)Sc2nccc3c2C1NC(=O)N3. The van der Waals surface area contributed by atoms with Crippen LogP contribution in [0.4, 0.5) is 10.5 Å². The molecule has 3 N–H and O–H groups in total. The molecule has 3 heterocycles. The number of hydrogen-bond donors (Lipinski definition) is 3. The number of anilines is 1. The number of carboxylic acid groups (broad SMARTS) is 1. The van der Waals surface area contributed by atoms with E-state index in [0.29, 0.717) is 33.3 Å². The van der Waals surface area contributed by atoms with Crippen molar-refractivity contribution < 1.29 is 19.4 Å². The van der Waals surface area contributed by atoms with Crippen molar-refractivity contribution in [3.8, 4) is 11.5 Å². The van der Waals surface area contributed by atoms with Crippen LogP contribution in [0.15, 0.2) is 65.8 Å². The van der Waals surface area contributed by atoms with Gasteiger partial charge in [-0.05, 0) is 48.4 Å². The Morgan fingerprint density at radius 1 is 1.17 bits per heavy atom. The van der Waals surface area contributed by atoms with E-state index in [2.05, 4.69) is 15.6 Å². The van der Waals surface area contributed by atoms with Crippen LogP contribution in [0.2, 0.25) is 0 Å². The van der Waals surface area contributed by atoms with Crippen molar-refractivity contribution in [3.05, 3.63) is 77.5 Å². The summed E-state index contributed by atoms with van der Waals surface area (Å²) in [6.45, 7) is 1.85. The highest BCUT2D eigenvalue weighted by atomic mass is 32.2. The van der Waals surface area contributed by atoms with Crippen LogP contribution in [0.3, 0.4) is 0 Å². The number of amides is 2. The van der Waals surface area contributed by atoms with E-state index < -0.39 is 22.8 Å². The summed E-state index contributed by atoms with van der Waals surface area (Å²) in [5, 5.41) is 16.5. The number of urea groups is 1. The van der Waals surface area contributed by atoms with E-state index >= 15 is 0 Å². The lowest BCUT2D eigenvalue weighted by Gasteiger charge is -2.35. The van der Waals surface area contributed by atoms with Gasteiger partial charge in [0, 0.05) is 11.8 Å². The number of para-hydroxylation sites is 1. The van der Waals surface area contributed by atoms with Gasteiger partial charge < -0.3 is 20.5 Å². The predicted molar refractivity (Wildman–Crippen MR) is 112 cm³/mol. The zero-order chi connectivity index (χ0) is 20.9. The molecular weight excluding hydrogens is 402 g/mol. The Balaban J connectivity index is 1.60. The summed E-state index contributed by atoms with van der Waals surface area (Å²) < 4.78 is 4.45. The molecule has 0 spiro atoms. The van der Waals surface area contributed by atoms with Gasteiger partial charge in [-0.1, -0.05) is 36.0 Å². The summed E-state index contributed by atoms with van der Waals surface area (Å²) >= 11 is 1.15. The molecule has 2 aliphatic heterocycles. The van der Waals surface area contributed by atoms with Gasteiger partial charge in [0.25, 0.3) is 0 Å². The Bertz CT molecular complexity index is 1180. The fourth-order valence-corrected chi connectivity index (χ4v) is 5.51. The third-order valence-electron chi connectivity index (χ3n) is 5.32. The standard InChI is InChI=1S/C22H17N3O4S/c1-12-11-14(29-13-5-3-2-4-6-13)7-8-15(12)22(20(26)27)18-17-16(24-21(28)25-18)9-10-23-19(17)30-22/h2-11,18H,1H3,(H,26,27)(H2,24,25,28). The zero-order valence-corrected chi connectivity index (χ0v) is 16.7. The molecular formula is C22H17N3O4S. The lowest BCUT2D eigenvalue weighted by molar-refractivity contribution is -0.141. The predicted octanol–water partition coefficient (Wildman–Crippen LogP) is 4.44. The first kappa shape index (κ1) is 18.5. The van der Waals surface area contributed by atoms with Gasteiger partial charge in [-0.3, -0.25) is 4.79 Å². The molecule has 30 heavy (non-hydrogen) atoms. The van der Waals surface area contributed by atoms with E-state index in [9.17, 15) is 14.7 Å². The molecule has 0 saturated heterocycles. The maximum absolute atomic E-state index is 12.7. The number of thioether (sulfide) groups is 1. The molecule has 0 saturated carbocycles. The maximum atomic E-state index is 12.7. The average molecular weight is 419 g/mol. The van der Waals surface area contributed by atoms with Crippen molar-refractivity contribution in [2.24, 2.45) is 0 Å². The van der Waals surface area contributed by atoms with Gasteiger partial charge in [-0.15, -0.1) is 0 Å². The van der Waals surface area contributed by atoms with E-state index in [0.717, 1.165) is 17.3 Å². The second-order valence-electron chi connectivity index (χ2n) is 7.14. The number of pyridine rings is 1. The monoisotopic (exact) mass is 419 g/mol. The highest BCUT2D eigenvalue weighted by Gasteiger charge is 2.58. The van der Waals surface area contributed by atoms with Crippen molar-refractivity contribution in [2.45, 2.75) is 22.7 Å². The van der Waals surface area contributed by atoms with E-state index in [-0.39, 0.29) is 0 Å². The highest BCUT2D eigenvalue weighted by Crippen LogP contribution is 2.60. The summed E-state index contributed by atoms with van der Waals surface area (Å²) in [6.07, 6.45) is 1.57. The van der Waals surface area contributed by atoms with E-state index in [1.54, 1.807) is 24.4 Å². The minimum atomic E-state index is -1.43. The van der Waals surface area contributed by atoms with Gasteiger partial charge in [0.05, 0.1) is 11.7 Å². The minimum absolute atomic E-state index is 0.431. The molecule has 2 unspecified atom stereocenters. The van der Waals surface area contributed by atoms with Crippen LogP contribution in [0.25, 0.3) is 0 Å². The number of carbonyl (C=O) groups is 2. The number of aliphatic carboxylic acids is 1. The van der Waals surface area contributed by atoms with E-state index in [1.807, 2.05) is 43.3 Å². The number of nitrogens with zero attached hydrogens (tertiary/aromatic N) is 1. The first-order valence-corrected chi connectivity index (χ1v) is 10.1. The van der Waals surface area contributed by atoms with Crippen LogP contribution in [-0.4, -0.2) is 22.1 Å². The number of aryl methyl sites for hydroxylation is 1. The molecule has 3 aromatic rings. The van der Waals surface area contributed by atoms with Crippen LogP contribution < -0.4 is 15.4 Å². The van der Waals surface area contributed by atoms with Crippen LogP contribution in [0.1, 0.15) is 22.7 Å². The molecule has 7 nitrogen and oxygen atoms in total. The molecule has 0 aliphatic carbocycles. The van der Waals surface area contributed by atoms with Crippen molar-refractivity contribution in [3.63, 3.8) is 0 Å². The third-order valence-corrected chi connectivity index (χ3v) is 6.80. The molecule has 0 bridgehead atoms. The second kappa shape index (κ2) is 6.77. The average Bonchev–Trinajstić information content (AvgIpc) is 3.05. The topological polar surface area (TPSA) is 101 Å². The Labute approximate surface area is 176 Å². The van der Waals surface area contributed by atoms with Gasteiger partial charge in [-0.25, -0.2) is 9.78 Å². The van der Waals surface area contributed by atoms with Crippen molar-refractivity contribution in [1.82, 2.24) is 10.3 Å². The molecule has 0 fully saturated rings. The molecule has 1 aromatic heterocycles. The second-order valence-corrected chi connectivity index (χ2v) is 8.38. The molecule has 2 aliphatic rings. The van der Waals surface area contributed by atoms with Gasteiger partial charge in [0.1, 0.15) is 16.5 Å². The van der Waals surface area contributed by atoms with Crippen LogP contribution in [0.5, 0.6) is 11.5 Å². The summed E-state index contributed by atoms with van der Waals surface area (Å²) in [4.78, 5) is 29.3. The number of rotatable bonds is 4. The van der Waals surface area contributed by atoms with Gasteiger partial charge in [-0.2, -0.15) is 0 Å². The Morgan fingerprint density at radius 2 is 1.97 bits per heavy atom. The molecule has 0 radical (unpaired) electrons. The molecule has 150 valence electrons. The summed E-state index contributed by atoms with van der Waals surface area (Å²) in [5.74, 6) is 0.264. The largest absolute Gasteiger partial charge is 0.480 e. The molecule has 5 rings (SSSR count). The highest BCUT2D eigenvalue weighted by molar-refractivity contribution is 8.01. The van der Waals surface area contributed by atoms with Crippen molar-refractivity contribution in [1.29, 1.82) is 0 Å². The Kier molecular flexibility index (Phi) is 4.18. The molecule has 2 amide bonds. The zero-order valence-electron chi connectivity index (χ0n) is 15.9. The van der Waals surface area contributed by atoms with Crippen molar-refractivity contribution >= 4 is 29.4 Å². The fourth-order valence-electron chi connectivity index (χ4n) is 4.04. The van der Waals surface area contributed by atoms with Crippen LogP contribution >= 0.6 is 11.8 Å². The van der Waals surface area contributed by atoms with Crippen molar-refractivity contribution in [2.75, 3.05) is 5.32 Å². The number of carbonyl (C=O) groups excluding carboxylic acids is 1. The number of carboxylic acids is 1. The van der Waals surface area contributed by atoms with E-state index in [4.69, 9.17) is 4.74 Å². The van der Waals surface area contributed by atoms with E-state index in [1.165, 1.54) is 0 Å². The third kappa shape index (κ3) is 2.72. The minimum Gasteiger partial charge on any atom is -0.480 e.